The van der Waals surface area contributed by atoms with Crippen molar-refractivity contribution in [3.8, 4) is 6.07 Å². The second-order valence-electron chi connectivity index (χ2n) is 2.29. The third kappa shape index (κ3) is 3.03. The molecule has 1 aromatic rings. The predicted octanol–water partition coefficient (Wildman–Crippen LogP) is 0.186. The van der Waals surface area contributed by atoms with Crippen molar-refractivity contribution in [2.75, 3.05) is 12.8 Å². The number of carbonyl (C=O) groups is 1. The van der Waals surface area contributed by atoms with Gasteiger partial charge in [-0.1, -0.05) is 11.8 Å². The molecule has 0 atom stereocenters. The molecular weight excluding hydrogens is 200 g/mol. The highest BCUT2D eigenvalue weighted by molar-refractivity contribution is 7.99. The first-order chi connectivity index (χ1) is 6.76. The molecule has 6 heteroatoms. The molecule has 0 radical (unpaired) electrons. The SMILES string of the molecule is CNC(=O)CSc1ccnc(C#N)n1. The lowest BCUT2D eigenvalue weighted by Gasteiger charge is -1.99. The highest BCUT2D eigenvalue weighted by atomic mass is 32.2. The summed E-state index contributed by atoms with van der Waals surface area (Å²) in [6.45, 7) is 0. The summed E-state index contributed by atoms with van der Waals surface area (Å²) in [6.07, 6.45) is 1.50. The van der Waals surface area contributed by atoms with Gasteiger partial charge in [-0.15, -0.1) is 0 Å². The highest BCUT2D eigenvalue weighted by Crippen LogP contribution is 2.13. The lowest BCUT2D eigenvalue weighted by atomic mass is 10.6. The van der Waals surface area contributed by atoms with E-state index in [1.54, 1.807) is 13.1 Å². The van der Waals surface area contributed by atoms with Crippen LogP contribution in [0.5, 0.6) is 0 Å². The maximum absolute atomic E-state index is 10.9. The molecule has 0 aliphatic rings. The van der Waals surface area contributed by atoms with E-state index in [1.165, 1.54) is 18.0 Å². The molecule has 0 bridgehead atoms. The maximum Gasteiger partial charge on any atom is 0.233 e. The van der Waals surface area contributed by atoms with Crippen LogP contribution in [-0.2, 0) is 4.79 Å². The number of hydrogen-bond donors (Lipinski definition) is 1. The van der Waals surface area contributed by atoms with Crippen LogP contribution in [0.2, 0.25) is 0 Å². The van der Waals surface area contributed by atoms with Crippen LogP contribution in [0, 0.1) is 11.3 Å². The van der Waals surface area contributed by atoms with Gasteiger partial charge in [0, 0.05) is 13.2 Å². The molecule has 0 aliphatic heterocycles. The molecule has 14 heavy (non-hydrogen) atoms. The Morgan fingerprint density at radius 1 is 1.79 bits per heavy atom. The Labute approximate surface area is 85.6 Å². The molecule has 1 aromatic heterocycles. The fourth-order valence-electron chi connectivity index (χ4n) is 0.688. The second-order valence-corrected chi connectivity index (χ2v) is 3.29. The smallest absolute Gasteiger partial charge is 0.233 e. The van der Waals surface area contributed by atoms with Crippen LogP contribution in [0.15, 0.2) is 17.3 Å². The predicted molar refractivity (Wildman–Crippen MR) is 51.5 cm³/mol. The van der Waals surface area contributed by atoms with Gasteiger partial charge in [0.2, 0.25) is 11.7 Å². The van der Waals surface area contributed by atoms with Crippen molar-refractivity contribution in [2.45, 2.75) is 5.03 Å². The zero-order chi connectivity index (χ0) is 10.4. The molecule has 0 saturated heterocycles. The summed E-state index contributed by atoms with van der Waals surface area (Å²) in [7, 11) is 1.57. The number of aromatic nitrogens is 2. The fraction of sp³-hybridized carbons (Fsp3) is 0.250. The quantitative estimate of drug-likeness (QED) is 0.566. The molecule has 5 nitrogen and oxygen atoms in total. The minimum Gasteiger partial charge on any atom is -0.358 e. The van der Waals surface area contributed by atoms with Gasteiger partial charge in [-0.3, -0.25) is 4.79 Å². The first-order valence-corrected chi connectivity index (χ1v) is 4.81. The average Bonchev–Trinajstić information content (AvgIpc) is 2.26. The van der Waals surface area contributed by atoms with Crippen molar-refractivity contribution in [1.29, 1.82) is 5.26 Å². The van der Waals surface area contributed by atoms with E-state index in [2.05, 4.69) is 15.3 Å². The van der Waals surface area contributed by atoms with Crippen molar-refractivity contribution in [2.24, 2.45) is 0 Å². The zero-order valence-electron chi connectivity index (χ0n) is 7.52. The number of rotatable bonds is 3. The van der Waals surface area contributed by atoms with Gasteiger partial charge in [0.15, 0.2) is 0 Å². The molecule has 1 rings (SSSR count). The van der Waals surface area contributed by atoms with E-state index >= 15 is 0 Å². The third-order valence-corrected chi connectivity index (χ3v) is 2.29. The molecule has 1 heterocycles. The Bertz CT molecular complexity index is 374. The monoisotopic (exact) mass is 208 g/mol. The summed E-state index contributed by atoms with van der Waals surface area (Å²) in [4.78, 5) is 18.5. The molecule has 0 fully saturated rings. The maximum atomic E-state index is 10.9. The van der Waals surface area contributed by atoms with Gasteiger partial charge in [-0.2, -0.15) is 5.26 Å². The number of nitrogens with one attached hydrogen (secondary N) is 1. The van der Waals surface area contributed by atoms with Gasteiger partial charge in [-0.05, 0) is 6.07 Å². The van der Waals surface area contributed by atoms with Crippen LogP contribution in [0.25, 0.3) is 0 Å². The largest absolute Gasteiger partial charge is 0.358 e. The Balaban J connectivity index is 2.60. The number of amides is 1. The van der Waals surface area contributed by atoms with E-state index in [1.807, 2.05) is 6.07 Å². The van der Waals surface area contributed by atoms with Crippen molar-refractivity contribution < 1.29 is 4.79 Å². The summed E-state index contributed by atoms with van der Waals surface area (Å²) < 4.78 is 0. The summed E-state index contributed by atoms with van der Waals surface area (Å²) in [5, 5.41) is 11.6. The molecule has 0 unspecified atom stereocenters. The normalized spacial score (nSPS) is 9.14. The van der Waals surface area contributed by atoms with E-state index in [0.29, 0.717) is 10.8 Å². The number of thioether (sulfide) groups is 1. The van der Waals surface area contributed by atoms with Gasteiger partial charge in [-0.25, -0.2) is 9.97 Å². The fourth-order valence-corrected chi connectivity index (χ4v) is 1.42. The lowest BCUT2D eigenvalue weighted by Crippen LogP contribution is -2.19. The van der Waals surface area contributed by atoms with Crippen LogP contribution in [0.4, 0.5) is 0 Å². The van der Waals surface area contributed by atoms with Gasteiger partial charge in [0.25, 0.3) is 0 Å². The van der Waals surface area contributed by atoms with Crippen LogP contribution < -0.4 is 5.32 Å². The van der Waals surface area contributed by atoms with Gasteiger partial charge in [0.1, 0.15) is 11.1 Å². The molecule has 0 aliphatic carbocycles. The topological polar surface area (TPSA) is 78.7 Å². The Morgan fingerprint density at radius 3 is 3.21 bits per heavy atom. The van der Waals surface area contributed by atoms with E-state index in [4.69, 9.17) is 5.26 Å². The van der Waals surface area contributed by atoms with E-state index < -0.39 is 0 Å². The van der Waals surface area contributed by atoms with Crippen LogP contribution in [0.1, 0.15) is 5.82 Å². The summed E-state index contributed by atoms with van der Waals surface area (Å²) in [5.41, 5.74) is 0. The molecule has 72 valence electrons. The minimum atomic E-state index is -0.0767. The zero-order valence-corrected chi connectivity index (χ0v) is 8.34. The first kappa shape index (κ1) is 10.5. The van der Waals surface area contributed by atoms with E-state index in [-0.39, 0.29) is 11.7 Å². The average molecular weight is 208 g/mol. The molecule has 0 saturated carbocycles. The molecule has 0 spiro atoms. The summed E-state index contributed by atoms with van der Waals surface area (Å²) in [5.74, 6) is 0.331. The van der Waals surface area contributed by atoms with Crippen molar-refractivity contribution in [1.82, 2.24) is 15.3 Å². The third-order valence-electron chi connectivity index (χ3n) is 1.36. The molecule has 1 N–H and O–H groups in total. The molecule has 0 aromatic carbocycles. The Hall–Kier alpha value is -1.61. The lowest BCUT2D eigenvalue weighted by molar-refractivity contribution is -0.118. The summed E-state index contributed by atoms with van der Waals surface area (Å²) in [6, 6.07) is 3.49. The minimum absolute atomic E-state index is 0.0767. The summed E-state index contributed by atoms with van der Waals surface area (Å²) >= 11 is 1.27. The standard InChI is InChI=1S/C8H8N4OS/c1-10-7(13)5-14-8-2-3-11-6(4-9)12-8/h2-3H,5H2,1H3,(H,10,13). The van der Waals surface area contributed by atoms with Gasteiger partial charge < -0.3 is 5.32 Å². The number of nitriles is 1. The molecular formula is C8H8N4OS. The first-order valence-electron chi connectivity index (χ1n) is 3.83. The second kappa shape index (κ2) is 5.19. The van der Waals surface area contributed by atoms with Crippen LogP contribution in [-0.4, -0.2) is 28.7 Å². The highest BCUT2D eigenvalue weighted by Gasteiger charge is 2.02. The van der Waals surface area contributed by atoms with Crippen LogP contribution in [0.3, 0.4) is 0 Å². The van der Waals surface area contributed by atoms with Crippen molar-refractivity contribution in [3.05, 3.63) is 18.1 Å². The van der Waals surface area contributed by atoms with Gasteiger partial charge in [0.05, 0.1) is 5.75 Å². The number of hydrogen-bond acceptors (Lipinski definition) is 5. The Morgan fingerprint density at radius 2 is 2.57 bits per heavy atom. The number of nitrogens with zero attached hydrogens (tertiary/aromatic N) is 3. The van der Waals surface area contributed by atoms with Crippen molar-refractivity contribution in [3.63, 3.8) is 0 Å². The van der Waals surface area contributed by atoms with E-state index in [9.17, 15) is 4.79 Å². The van der Waals surface area contributed by atoms with Gasteiger partial charge >= 0.3 is 0 Å². The number of carbonyl (C=O) groups excluding carboxylic acids is 1. The van der Waals surface area contributed by atoms with E-state index in [0.717, 1.165) is 0 Å². The Kier molecular flexibility index (Phi) is 3.88. The molecule has 1 amide bonds. The van der Waals surface area contributed by atoms with Crippen molar-refractivity contribution >= 4 is 17.7 Å². The van der Waals surface area contributed by atoms with Crippen LogP contribution >= 0.6 is 11.8 Å².